The Balaban J connectivity index is 2.55. The monoisotopic (exact) mass is 378 g/mol. The lowest BCUT2D eigenvalue weighted by Crippen LogP contribution is -2.59. The molecule has 7 nitrogen and oxygen atoms in total. The molecule has 0 spiro atoms. The summed E-state index contributed by atoms with van der Waals surface area (Å²) in [7, 11) is 0. The summed E-state index contributed by atoms with van der Waals surface area (Å²) in [5.74, 6) is 15.7. The number of allylic oxidation sites excluding steroid dienone is 2. The first-order chi connectivity index (χ1) is 13.0. The van der Waals surface area contributed by atoms with Gasteiger partial charge in [0.25, 0.3) is 0 Å². The Morgan fingerprint density at radius 3 is 2.41 bits per heavy atom. The number of aliphatic hydroxyl groups excluding tert-OH is 5. The molecule has 6 atom stereocenters. The Morgan fingerprint density at radius 1 is 1.00 bits per heavy atom. The summed E-state index contributed by atoms with van der Waals surface area (Å²) in [6, 6.07) is 0. The van der Waals surface area contributed by atoms with Gasteiger partial charge in [-0.1, -0.05) is 17.9 Å². The minimum absolute atomic E-state index is 0.125. The van der Waals surface area contributed by atoms with Gasteiger partial charge in [-0.05, 0) is 55.9 Å². The maximum atomic E-state index is 10.0. The van der Waals surface area contributed by atoms with E-state index >= 15 is 0 Å². The van der Waals surface area contributed by atoms with Crippen molar-refractivity contribution in [2.75, 3.05) is 13.2 Å². The lowest BCUT2D eigenvalue weighted by molar-refractivity contribution is -0.312. The second-order valence-corrected chi connectivity index (χ2v) is 5.84. The SMILES string of the molecule is CC#CC#CC#C/C=C/CCC(CCO)OC1OC(CO)C(O)C(O)C1O. The van der Waals surface area contributed by atoms with Crippen molar-refractivity contribution in [3.8, 4) is 35.5 Å². The zero-order chi connectivity index (χ0) is 20.1. The van der Waals surface area contributed by atoms with E-state index in [-0.39, 0.29) is 6.61 Å². The highest BCUT2D eigenvalue weighted by Crippen LogP contribution is 2.24. The van der Waals surface area contributed by atoms with Crippen LogP contribution in [0, 0.1) is 35.5 Å². The van der Waals surface area contributed by atoms with Crippen LogP contribution in [0.3, 0.4) is 0 Å². The molecule has 1 rings (SSSR count). The van der Waals surface area contributed by atoms with Crippen molar-refractivity contribution in [1.29, 1.82) is 0 Å². The molecule has 6 unspecified atom stereocenters. The van der Waals surface area contributed by atoms with Crippen LogP contribution in [0.5, 0.6) is 0 Å². The fourth-order valence-electron chi connectivity index (χ4n) is 2.42. The van der Waals surface area contributed by atoms with Crippen LogP contribution < -0.4 is 0 Å². The third-order valence-corrected chi connectivity index (χ3v) is 3.87. The smallest absolute Gasteiger partial charge is 0.186 e. The quantitative estimate of drug-likeness (QED) is 0.341. The van der Waals surface area contributed by atoms with Gasteiger partial charge in [-0.15, -0.1) is 0 Å². The van der Waals surface area contributed by atoms with E-state index in [1.807, 2.05) is 6.08 Å². The van der Waals surface area contributed by atoms with Crippen molar-refractivity contribution >= 4 is 0 Å². The van der Waals surface area contributed by atoms with Gasteiger partial charge in [0.2, 0.25) is 0 Å². The first kappa shape index (κ1) is 23.2. The van der Waals surface area contributed by atoms with E-state index in [1.54, 1.807) is 13.0 Å². The third-order valence-electron chi connectivity index (χ3n) is 3.87. The number of ether oxygens (including phenoxy) is 2. The molecule has 0 aromatic rings. The molecule has 0 radical (unpaired) electrons. The summed E-state index contributed by atoms with van der Waals surface area (Å²) in [4.78, 5) is 0. The second kappa shape index (κ2) is 13.3. The molecule has 0 aromatic carbocycles. The van der Waals surface area contributed by atoms with Crippen LogP contribution >= 0.6 is 0 Å². The summed E-state index contributed by atoms with van der Waals surface area (Å²) in [6.45, 7) is 1.04. The first-order valence-electron chi connectivity index (χ1n) is 8.69. The molecule has 0 saturated carbocycles. The van der Waals surface area contributed by atoms with Gasteiger partial charge in [0.1, 0.15) is 24.4 Å². The van der Waals surface area contributed by atoms with E-state index < -0.39 is 43.4 Å². The number of hydrogen-bond donors (Lipinski definition) is 5. The van der Waals surface area contributed by atoms with Crippen LogP contribution in [0.15, 0.2) is 12.2 Å². The molecule has 7 heteroatoms. The van der Waals surface area contributed by atoms with Crippen molar-refractivity contribution in [2.24, 2.45) is 0 Å². The van der Waals surface area contributed by atoms with Gasteiger partial charge in [-0.25, -0.2) is 0 Å². The molecule has 148 valence electrons. The minimum Gasteiger partial charge on any atom is -0.396 e. The van der Waals surface area contributed by atoms with E-state index in [4.69, 9.17) is 9.47 Å². The molecular formula is C20H26O7. The average molecular weight is 378 g/mol. The van der Waals surface area contributed by atoms with Crippen molar-refractivity contribution < 1.29 is 35.0 Å². The van der Waals surface area contributed by atoms with Gasteiger partial charge in [0.05, 0.1) is 12.7 Å². The Labute approximate surface area is 159 Å². The highest BCUT2D eigenvalue weighted by Gasteiger charge is 2.44. The van der Waals surface area contributed by atoms with Crippen LogP contribution in [0.1, 0.15) is 26.2 Å². The van der Waals surface area contributed by atoms with Gasteiger partial charge >= 0.3 is 0 Å². The molecule has 1 aliphatic rings. The molecular weight excluding hydrogens is 352 g/mol. The lowest BCUT2D eigenvalue weighted by atomic mass is 9.99. The van der Waals surface area contributed by atoms with Gasteiger partial charge in [0.15, 0.2) is 6.29 Å². The molecule has 0 aliphatic carbocycles. The number of hydrogen-bond acceptors (Lipinski definition) is 7. The molecule has 27 heavy (non-hydrogen) atoms. The molecule has 0 amide bonds. The third kappa shape index (κ3) is 8.13. The van der Waals surface area contributed by atoms with Gasteiger partial charge in [0, 0.05) is 6.61 Å². The number of aliphatic hydroxyl groups is 5. The maximum absolute atomic E-state index is 10.0. The largest absolute Gasteiger partial charge is 0.396 e. The summed E-state index contributed by atoms with van der Waals surface area (Å²) in [5.41, 5.74) is 0. The van der Waals surface area contributed by atoms with E-state index in [1.165, 1.54) is 0 Å². The van der Waals surface area contributed by atoms with Gasteiger partial charge in [-0.2, -0.15) is 0 Å². The Bertz CT molecular complexity index is 638. The molecule has 1 saturated heterocycles. The van der Waals surface area contributed by atoms with Crippen LogP contribution in [0.4, 0.5) is 0 Å². The van der Waals surface area contributed by atoms with Crippen molar-refractivity contribution in [1.82, 2.24) is 0 Å². The van der Waals surface area contributed by atoms with Crippen molar-refractivity contribution in [3.63, 3.8) is 0 Å². The molecule has 1 heterocycles. The topological polar surface area (TPSA) is 120 Å². The predicted molar refractivity (Wildman–Crippen MR) is 97.7 cm³/mol. The zero-order valence-corrected chi connectivity index (χ0v) is 15.2. The highest BCUT2D eigenvalue weighted by atomic mass is 16.7. The van der Waals surface area contributed by atoms with Crippen LogP contribution in [0.2, 0.25) is 0 Å². The molecule has 0 aromatic heterocycles. The number of rotatable bonds is 8. The lowest BCUT2D eigenvalue weighted by Gasteiger charge is -2.40. The summed E-state index contributed by atoms with van der Waals surface area (Å²) in [6.07, 6.45) is -2.20. The predicted octanol–water partition coefficient (Wildman–Crippen LogP) is -1.08. The standard InChI is InChI=1S/C20H26O7/c1-2-3-4-5-6-7-8-9-10-11-15(12-13-21)26-20-19(25)18(24)17(23)16(14-22)27-20/h8-9,15-25H,10-14H2,1H3/b9-8+. The van der Waals surface area contributed by atoms with Gasteiger partial charge < -0.3 is 35.0 Å². The highest BCUT2D eigenvalue weighted by molar-refractivity contribution is 5.37. The normalized spacial score (nSPS) is 28.3. The summed E-state index contributed by atoms with van der Waals surface area (Å²) >= 11 is 0. The maximum Gasteiger partial charge on any atom is 0.186 e. The van der Waals surface area contributed by atoms with Crippen molar-refractivity contribution in [3.05, 3.63) is 12.2 Å². The van der Waals surface area contributed by atoms with E-state index in [9.17, 15) is 25.5 Å². The van der Waals surface area contributed by atoms with E-state index in [0.717, 1.165) is 0 Å². The van der Waals surface area contributed by atoms with Crippen LogP contribution in [0.25, 0.3) is 0 Å². The average Bonchev–Trinajstić information content (AvgIpc) is 2.67. The molecule has 1 fully saturated rings. The Kier molecular flexibility index (Phi) is 11.4. The van der Waals surface area contributed by atoms with E-state index in [2.05, 4.69) is 35.5 Å². The molecule has 1 aliphatic heterocycles. The fraction of sp³-hybridized carbons (Fsp3) is 0.600. The molecule has 0 bridgehead atoms. The fourth-order valence-corrected chi connectivity index (χ4v) is 2.42. The van der Waals surface area contributed by atoms with Crippen LogP contribution in [-0.2, 0) is 9.47 Å². The van der Waals surface area contributed by atoms with Crippen molar-refractivity contribution in [2.45, 2.75) is 63.0 Å². The Morgan fingerprint density at radius 2 is 1.74 bits per heavy atom. The Hall–Kier alpha value is -1.86. The second-order valence-electron chi connectivity index (χ2n) is 5.84. The first-order valence-corrected chi connectivity index (χ1v) is 8.69. The molecule has 5 N–H and O–H groups in total. The minimum atomic E-state index is -1.50. The van der Waals surface area contributed by atoms with Crippen LogP contribution in [-0.4, -0.2) is 75.6 Å². The summed E-state index contributed by atoms with van der Waals surface area (Å²) < 4.78 is 11.0. The van der Waals surface area contributed by atoms with Gasteiger partial charge in [-0.3, -0.25) is 0 Å². The summed E-state index contributed by atoms with van der Waals surface area (Å²) in [5, 5.41) is 48.0. The van der Waals surface area contributed by atoms with E-state index in [0.29, 0.717) is 19.3 Å². The zero-order valence-electron chi connectivity index (χ0n) is 15.2.